The lowest BCUT2D eigenvalue weighted by molar-refractivity contribution is -0.120. The molecule has 1 atom stereocenters. The van der Waals surface area contributed by atoms with Gasteiger partial charge in [-0.1, -0.05) is 0 Å². The van der Waals surface area contributed by atoms with Crippen molar-refractivity contribution in [2.24, 2.45) is 0 Å². The minimum absolute atomic E-state index is 0.0344. The van der Waals surface area contributed by atoms with Gasteiger partial charge in [-0.05, 0) is 49.6 Å². The molecule has 102 valence electrons. The number of carbonyl (C=O) groups is 1. The highest BCUT2D eigenvalue weighted by molar-refractivity contribution is 7.86. The second-order valence-electron chi connectivity index (χ2n) is 5.14. The fourth-order valence-corrected chi connectivity index (χ4v) is 2.97. The lowest BCUT2D eigenvalue weighted by Crippen LogP contribution is -2.32. The van der Waals surface area contributed by atoms with Crippen LogP contribution in [0.5, 0.6) is 0 Å². The van der Waals surface area contributed by atoms with Crippen LogP contribution in [0.15, 0.2) is 16.8 Å². The van der Waals surface area contributed by atoms with Gasteiger partial charge in [-0.25, -0.2) is 0 Å². The van der Waals surface area contributed by atoms with Crippen LogP contribution in [0, 0.1) is 0 Å². The van der Waals surface area contributed by atoms with Gasteiger partial charge in [-0.2, -0.15) is 11.3 Å². The van der Waals surface area contributed by atoms with Crippen LogP contribution < -0.4 is 5.32 Å². The Labute approximate surface area is 115 Å². The molecule has 0 fully saturated rings. The maximum Gasteiger partial charge on any atom is 0.220 e. The van der Waals surface area contributed by atoms with Gasteiger partial charge in [0.25, 0.3) is 0 Å². The summed E-state index contributed by atoms with van der Waals surface area (Å²) in [6.07, 6.45) is 1.27. The summed E-state index contributed by atoms with van der Waals surface area (Å²) in [4.78, 5) is 11.6. The highest BCUT2D eigenvalue weighted by atomic mass is 32.2. The number of thiophene rings is 1. The molecule has 1 aromatic heterocycles. The molecule has 1 heterocycles. The Hall–Kier alpha value is -0.680. The van der Waals surface area contributed by atoms with Gasteiger partial charge < -0.3 is 5.32 Å². The molecule has 0 aromatic carbocycles. The average Bonchev–Trinajstić information content (AvgIpc) is 2.77. The molecule has 1 N–H and O–H groups in total. The Balaban J connectivity index is 2.16. The van der Waals surface area contributed by atoms with E-state index in [0.29, 0.717) is 18.7 Å². The van der Waals surface area contributed by atoms with E-state index in [1.54, 1.807) is 11.3 Å². The quantitative estimate of drug-likeness (QED) is 0.873. The highest BCUT2D eigenvalue weighted by Gasteiger charge is 2.18. The second kappa shape index (κ2) is 7.04. The minimum atomic E-state index is -0.900. The summed E-state index contributed by atoms with van der Waals surface area (Å²) in [5, 5.41) is 6.89. The van der Waals surface area contributed by atoms with E-state index in [9.17, 15) is 9.00 Å². The van der Waals surface area contributed by atoms with Crippen LogP contribution in [0.1, 0.15) is 32.8 Å². The van der Waals surface area contributed by atoms with Crippen LogP contribution in [0.3, 0.4) is 0 Å². The Morgan fingerprint density at radius 3 is 2.72 bits per heavy atom. The third-order valence-electron chi connectivity index (χ3n) is 2.51. The predicted molar refractivity (Wildman–Crippen MR) is 78.4 cm³/mol. The second-order valence-corrected chi connectivity index (χ2v) is 8.25. The first-order valence-electron chi connectivity index (χ1n) is 6.06. The maximum atomic E-state index is 11.8. The smallest absolute Gasteiger partial charge is 0.220 e. The van der Waals surface area contributed by atoms with Crippen LogP contribution >= 0.6 is 11.3 Å². The van der Waals surface area contributed by atoms with Gasteiger partial charge in [0.1, 0.15) is 0 Å². The molecule has 0 aliphatic rings. The largest absolute Gasteiger partial charge is 0.355 e. The molecule has 1 unspecified atom stereocenters. The summed E-state index contributed by atoms with van der Waals surface area (Å²) in [6.45, 7) is 6.33. The molecular formula is C13H21NO2S2. The lowest BCUT2D eigenvalue weighted by atomic mass is 10.2. The fourth-order valence-electron chi connectivity index (χ4n) is 1.37. The Morgan fingerprint density at radius 2 is 2.17 bits per heavy atom. The minimum Gasteiger partial charge on any atom is -0.355 e. The molecule has 0 saturated carbocycles. The first-order chi connectivity index (χ1) is 8.39. The SMILES string of the molecule is CC(C)(C)S(=O)CCNC(=O)CCc1ccsc1. The number of hydrogen-bond donors (Lipinski definition) is 1. The molecule has 3 nitrogen and oxygen atoms in total. The van der Waals surface area contributed by atoms with Crippen LogP contribution in [-0.2, 0) is 22.0 Å². The van der Waals surface area contributed by atoms with E-state index >= 15 is 0 Å². The van der Waals surface area contributed by atoms with Crippen LogP contribution in [0.25, 0.3) is 0 Å². The predicted octanol–water partition coefficient (Wildman–Crippen LogP) is 2.34. The number of nitrogens with one attached hydrogen (secondary N) is 1. The molecule has 1 aromatic rings. The summed E-state index contributed by atoms with van der Waals surface area (Å²) < 4.78 is 11.5. The molecule has 18 heavy (non-hydrogen) atoms. The van der Waals surface area contributed by atoms with E-state index in [0.717, 1.165) is 6.42 Å². The van der Waals surface area contributed by atoms with Crippen molar-refractivity contribution in [3.05, 3.63) is 22.4 Å². The summed E-state index contributed by atoms with van der Waals surface area (Å²) >= 11 is 1.64. The van der Waals surface area contributed by atoms with E-state index in [2.05, 4.69) is 10.7 Å². The first-order valence-corrected chi connectivity index (χ1v) is 8.32. The Bertz CT molecular complexity index is 394. The number of amides is 1. The van der Waals surface area contributed by atoms with Gasteiger partial charge in [0.2, 0.25) is 5.91 Å². The van der Waals surface area contributed by atoms with Gasteiger partial charge in [-0.3, -0.25) is 9.00 Å². The highest BCUT2D eigenvalue weighted by Crippen LogP contribution is 2.10. The van der Waals surface area contributed by atoms with Crippen molar-refractivity contribution in [1.29, 1.82) is 0 Å². The molecule has 0 aliphatic carbocycles. The monoisotopic (exact) mass is 287 g/mol. The standard InChI is InChI=1S/C13H21NO2S2/c1-13(2,3)18(16)9-7-14-12(15)5-4-11-6-8-17-10-11/h6,8,10H,4-5,7,9H2,1-3H3,(H,14,15). The molecule has 1 rings (SSSR count). The van der Waals surface area contributed by atoms with Crippen molar-refractivity contribution in [3.8, 4) is 0 Å². The van der Waals surface area contributed by atoms with E-state index in [1.807, 2.05) is 32.2 Å². The van der Waals surface area contributed by atoms with Crippen LogP contribution in [-0.4, -0.2) is 27.2 Å². The lowest BCUT2D eigenvalue weighted by Gasteiger charge is -2.17. The van der Waals surface area contributed by atoms with Crippen molar-refractivity contribution >= 4 is 28.0 Å². The normalized spacial score (nSPS) is 13.3. The van der Waals surface area contributed by atoms with Crippen molar-refractivity contribution < 1.29 is 9.00 Å². The summed E-state index contributed by atoms with van der Waals surface area (Å²) in [6, 6.07) is 2.03. The third-order valence-corrected chi connectivity index (χ3v) is 5.19. The molecule has 0 aliphatic heterocycles. The Kier molecular flexibility index (Phi) is 6.02. The molecule has 0 saturated heterocycles. The number of aryl methyl sites for hydroxylation is 1. The average molecular weight is 287 g/mol. The molecule has 0 spiro atoms. The number of hydrogen-bond acceptors (Lipinski definition) is 3. The zero-order valence-electron chi connectivity index (χ0n) is 11.2. The topological polar surface area (TPSA) is 46.2 Å². The molecule has 0 radical (unpaired) electrons. The van der Waals surface area contributed by atoms with Gasteiger partial charge in [0, 0.05) is 34.3 Å². The van der Waals surface area contributed by atoms with Gasteiger partial charge in [0.05, 0.1) is 0 Å². The van der Waals surface area contributed by atoms with Crippen molar-refractivity contribution in [3.63, 3.8) is 0 Å². The molecule has 0 bridgehead atoms. The molecule has 1 amide bonds. The van der Waals surface area contributed by atoms with Crippen molar-refractivity contribution in [2.45, 2.75) is 38.4 Å². The summed E-state index contributed by atoms with van der Waals surface area (Å²) in [7, 11) is -0.900. The van der Waals surface area contributed by atoms with Crippen molar-refractivity contribution in [1.82, 2.24) is 5.32 Å². The van der Waals surface area contributed by atoms with Crippen LogP contribution in [0.4, 0.5) is 0 Å². The fraction of sp³-hybridized carbons (Fsp3) is 0.615. The Morgan fingerprint density at radius 1 is 1.44 bits per heavy atom. The van der Waals surface area contributed by atoms with Gasteiger partial charge >= 0.3 is 0 Å². The third kappa shape index (κ3) is 5.78. The van der Waals surface area contributed by atoms with E-state index in [-0.39, 0.29) is 10.7 Å². The summed E-state index contributed by atoms with van der Waals surface area (Å²) in [5.41, 5.74) is 1.20. The molecule has 5 heteroatoms. The maximum absolute atomic E-state index is 11.8. The van der Waals surface area contributed by atoms with Crippen molar-refractivity contribution in [2.75, 3.05) is 12.3 Å². The van der Waals surface area contributed by atoms with E-state index in [1.165, 1.54) is 5.56 Å². The van der Waals surface area contributed by atoms with Gasteiger partial charge in [0.15, 0.2) is 0 Å². The zero-order chi connectivity index (χ0) is 13.6. The summed E-state index contributed by atoms with van der Waals surface area (Å²) in [5.74, 6) is 0.556. The zero-order valence-corrected chi connectivity index (χ0v) is 12.8. The van der Waals surface area contributed by atoms with Gasteiger partial charge in [-0.15, -0.1) is 0 Å². The number of rotatable bonds is 6. The van der Waals surface area contributed by atoms with Crippen LogP contribution in [0.2, 0.25) is 0 Å². The van der Waals surface area contributed by atoms with E-state index < -0.39 is 10.8 Å². The van der Waals surface area contributed by atoms with E-state index in [4.69, 9.17) is 0 Å². The number of carbonyl (C=O) groups excluding carboxylic acids is 1. The first kappa shape index (κ1) is 15.4. The molecular weight excluding hydrogens is 266 g/mol.